The lowest BCUT2D eigenvalue weighted by atomic mass is 9.92. The van der Waals surface area contributed by atoms with Crippen LogP contribution in [-0.2, 0) is 11.2 Å². The molecule has 0 heterocycles. The van der Waals surface area contributed by atoms with E-state index in [0.29, 0.717) is 13.0 Å². The van der Waals surface area contributed by atoms with Crippen molar-refractivity contribution < 1.29 is 17.9 Å². The van der Waals surface area contributed by atoms with Gasteiger partial charge in [0.15, 0.2) is 11.6 Å². The second-order valence-electron chi connectivity index (χ2n) is 4.37. The van der Waals surface area contributed by atoms with Crippen molar-refractivity contribution in [3.05, 3.63) is 35.4 Å². The maximum atomic E-state index is 14.5. The van der Waals surface area contributed by atoms with Crippen molar-refractivity contribution in [3.63, 3.8) is 0 Å². The van der Waals surface area contributed by atoms with E-state index in [0.717, 1.165) is 6.07 Å². The normalized spacial score (nSPS) is 14.5. The van der Waals surface area contributed by atoms with Crippen LogP contribution >= 0.6 is 0 Å². The standard InChI is InChI=1S/C13H18F3NO/c1-18-9-13(16,6-3-7-17)8-10-4-2-5-11(14)12(10)15/h2,4-5H,3,6-9,17H2,1H3. The van der Waals surface area contributed by atoms with Gasteiger partial charge in [0.25, 0.3) is 0 Å². The molecule has 0 saturated carbocycles. The third kappa shape index (κ3) is 3.99. The van der Waals surface area contributed by atoms with Crippen molar-refractivity contribution in [2.24, 2.45) is 5.73 Å². The van der Waals surface area contributed by atoms with E-state index in [1.807, 2.05) is 0 Å². The molecule has 2 N–H and O–H groups in total. The maximum absolute atomic E-state index is 14.5. The molecule has 1 aromatic carbocycles. The molecule has 0 aliphatic rings. The van der Waals surface area contributed by atoms with E-state index in [4.69, 9.17) is 10.5 Å². The summed E-state index contributed by atoms with van der Waals surface area (Å²) in [5.41, 5.74) is 3.64. The molecule has 18 heavy (non-hydrogen) atoms. The van der Waals surface area contributed by atoms with Gasteiger partial charge >= 0.3 is 0 Å². The molecule has 102 valence electrons. The molecule has 5 heteroatoms. The lowest BCUT2D eigenvalue weighted by Crippen LogP contribution is -2.33. The molecule has 0 aliphatic heterocycles. The first kappa shape index (κ1) is 15.0. The van der Waals surface area contributed by atoms with Gasteiger partial charge in [-0.05, 0) is 31.0 Å². The highest BCUT2D eigenvalue weighted by molar-refractivity contribution is 5.21. The molecule has 0 aliphatic carbocycles. The number of benzene rings is 1. The Balaban J connectivity index is 2.85. The van der Waals surface area contributed by atoms with E-state index in [2.05, 4.69) is 0 Å². The highest BCUT2D eigenvalue weighted by Gasteiger charge is 2.31. The number of nitrogens with two attached hydrogens (primary N) is 1. The highest BCUT2D eigenvalue weighted by atomic mass is 19.2. The number of rotatable bonds is 7. The molecule has 1 rings (SSSR count). The molecular formula is C13H18F3NO. The van der Waals surface area contributed by atoms with Gasteiger partial charge in [-0.1, -0.05) is 12.1 Å². The maximum Gasteiger partial charge on any atom is 0.162 e. The summed E-state index contributed by atoms with van der Waals surface area (Å²) in [6.07, 6.45) is 0.411. The van der Waals surface area contributed by atoms with Crippen molar-refractivity contribution in [1.82, 2.24) is 0 Å². The summed E-state index contributed by atoms with van der Waals surface area (Å²) in [5, 5.41) is 0. The number of hydrogen-bond acceptors (Lipinski definition) is 2. The Labute approximate surface area is 105 Å². The van der Waals surface area contributed by atoms with Crippen LogP contribution in [0.3, 0.4) is 0 Å². The zero-order valence-electron chi connectivity index (χ0n) is 10.4. The quantitative estimate of drug-likeness (QED) is 0.818. The molecule has 1 unspecified atom stereocenters. The average molecular weight is 261 g/mol. The van der Waals surface area contributed by atoms with Gasteiger partial charge in [-0.25, -0.2) is 13.2 Å². The predicted octanol–water partition coefficient (Wildman–Crippen LogP) is 2.60. The molecule has 0 bridgehead atoms. The average Bonchev–Trinajstić information content (AvgIpc) is 2.33. The van der Waals surface area contributed by atoms with Crippen LogP contribution in [0, 0.1) is 11.6 Å². The third-order valence-electron chi connectivity index (χ3n) is 2.77. The minimum absolute atomic E-state index is 0.0200. The van der Waals surface area contributed by atoms with Gasteiger partial charge < -0.3 is 10.5 Å². The SMILES string of the molecule is COCC(F)(CCCN)Cc1cccc(F)c1F. The fourth-order valence-corrected chi connectivity index (χ4v) is 1.92. The zero-order valence-corrected chi connectivity index (χ0v) is 10.4. The van der Waals surface area contributed by atoms with Crippen LogP contribution < -0.4 is 5.73 Å². The summed E-state index contributed by atoms with van der Waals surface area (Å²) in [5.74, 6) is -1.96. The van der Waals surface area contributed by atoms with Crippen LogP contribution in [0.5, 0.6) is 0 Å². The van der Waals surface area contributed by atoms with Gasteiger partial charge in [0, 0.05) is 13.5 Å². The summed E-state index contributed by atoms with van der Waals surface area (Å²) in [4.78, 5) is 0. The first-order chi connectivity index (χ1) is 8.52. The Kier molecular flexibility index (Phi) is 5.62. The summed E-state index contributed by atoms with van der Waals surface area (Å²) < 4.78 is 45.9. The monoisotopic (exact) mass is 261 g/mol. The number of alkyl halides is 1. The first-order valence-electron chi connectivity index (χ1n) is 5.83. The van der Waals surface area contributed by atoms with Gasteiger partial charge in [0.2, 0.25) is 0 Å². The van der Waals surface area contributed by atoms with Crippen LogP contribution in [0.25, 0.3) is 0 Å². The van der Waals surface area contributed by atoms with Gasteiger partial charge in [-0.2, -0.15) is 0 Å². The van der Waals surface area contributed by atoms with E-state index in [-0.39, 0.29) is 25.0 Å². The van der Waals surface area contributed by atoms with E-state index in [9.17, 15) is 13.2 Å². The second kappa shape index (κ2) is 6.75. The second-order valence-corrected chi connectivity index (χ2v) is 4.37. The fourth-order valence-electron chi connectivity index (χ4n) is 1.92. The lowest BCUT2D eigenvalue weighted by Gasteiger charge is -2.24. The summed E-state index contributed by atoms with van der Waals surface area (Å²) in [7, 11) is 1.37. The van der Waals surface area contributed by atoms with E-state index < -0.39 is 17.3 Å². The minimum atomic E-state index is -1.72. The zero-order chi connectivity index (χ0) is 13.6. The van der Waals surface area contributed by atoms with E-state index >= 15 is 0 Å². The van der Waals surface area contributed by atoms with Crippen LogP contribution in [0.15, 0.2) is 18.2 Å². The van der Waals surface area contributed by atoms with Crippen LogP contribution in [0.4, 0.5) is 13.2 Å². The van der Waals surface area contributed by atoms with Crippen molar-refractivity contribution >= 4 is 0 Å². The molecule has 1 aromatic rings. The summed E-state index contributed by atoms with van der Waals surface area (Å²) in [6, 6.07) is 3.75. The van der Waals surface area contributed by atoms with Crippen LogP contribution in [0.2, 0.25) is 0 Å². The number of ether oxygens (including phenoxy) is 1. The minimum Gasteiger partial charge on any atom is -0.381 e. The molecule has 0 aromatic heterocycles. The lowest BCUT2D eigenvalue weighted by molar-refractivity contribution is 0.0327. The van der Waals surface area contributed by atoms with Crippen LogP contribution in [-0.4, -0.2) is 25.9 Å². The Hall–Kier alpha value is -1.07. The summed E-state index contributed by atoms with van der Waals surface area (Å²) >= 11 is 0. The van der Waals surface area contributed by atoms with Crippen molar-refractivity contribution in [3.8, 4) is 0 Å². The number of methoxy groups -OCH3 is 1. The first-order valence-corrected chi connectivity index (χ1v) is 5.83. The smallest absolute Gasteiger partial charge is 0.162 e. The number of halogens is 3. The highest BCUT2D eigenvalue weighted by Crippen LogP contribution is 2.26. The molecule has 1 atom stereocenters. The number of hydrogen-bond donors (Lipinski definition) is 1. The molecule has 0 fully saturated rings. The molecule has 0 saturated heterocycles. The molecule has 2 nitrogen and oxygen atoms in total. The molecular weight excluding hydrogens is 243 g/mol. The largest absolute Gasteiger partial charge is 0.381 e. The van der Waals surface area contributed by atoms with Crippen molar-refractivity contribution in [2.75, 3.05) is 20.3 Å². The fraction of sp³-hybridized carbons (Fsp3) is 0.538. The molecule has 0 spiro atoms. The summed E-state index contributed by atoms with van der Waals surface area (Å²) in [6.45, 7) is 0.184. The van der Waals surface area contributed by atoms with Gasteiger partial charge in [0.1, 0.15) is 5.67 Å². The van der Waals surface area contributed by atoms with Crippen molar-refractivity contribution in [2.45, 2.75) is 24.9 Å². The molecule has 0 radical (unpaired) electrons. The Morgan fingerprint density at radius 1 is 1.33 bits per heavy atom. The third-order valence-corrected chi connectivity index (χ3v) is 2.77. The Morgan fingerprint density at radius 3 is 2.67 bits per heavy atom. The van der Waals surface area contributed by atoms with Crippen LogP contribution in [0.1, 0.15) is 18.4 Å². The Morgan fingerprint density at radius 2 is 2.06 bits per heavy atom. The topological polar surface area (TPSA) is 35.2 Å². The van der Waals surface area contributed by atoms with Crippen molar-refractivity contribution in [1.29, 1.82) is 0 Å². The van der Waals surface area contributed by atoms with Gasteiger partial charge in [0.05, 0.1) is 6.61 Å². The predicted molar refractivity (Wildman–Crippen MR) is 64.1 cm³/mol. The Bertz CT molecular complexity index is 386. The van der Waals surface area contributed by atoms with E-state index in [1.54, 1.807) is 0 Å². The van der Waals surface area contributed by atoms with Gasteiger partial charge in [-0.3, -0.25) is 0 Å². The molecule has 0 amide bonds. The van der Waals surface area contributed by atoms with E-state index in [1.165, 1.54) is 19.2 Å². The van der Waals surface area contributed by atoms with Gasteiger partial charge in [-0.15, -0.1) is 0 Å².